The van der Waals surface area contributed by atoms with Crippen molar-refractivity contribution in [2.24, 2.45) is 11.7 Å². The van der Waals surface area contributed by atoms with Gasteiger partial charge in [-0.1, -0.05) is 36.8 Å². The monoisotopic (exact) mass is 280 g/mol. The van der Waals surface area contributed by atoms with Gasteiger partial charge in [0.25, 0.3) is 0 Å². The molecule has 0 aromatic heterocycles. The summed E-state index contributed by atoms with van der Waals surface area (Å²) < 4.78 is 0. The van der Waals surface area contributed by atoms with Crippen LogP contribution >= 0.6 is 11.8 Å². The summed E-state index contributed by atoms with van der Waals surface area (Å²) in [5, 5.41) is 0. The molecule has 0 aliphatic rings. The number of hydrogen-bond donors (Lipinski definition) is 1. The molecule has 0 aliphatic carbocycles. The SMILES string of the molecule is Cc1ccc(CN(C)C(=O)CSCC(C)CN)cc1. The maximum Gasteiger partial charge on any atom is 0.232 e. The van der Waals surface area contributed by atoms with Crippen LogP contribution in [-0.4, -0.2) is 35.9 Å². The van der Waals surface area contributed by atoms with Gasteiger partial charge in [-0.25, -0.2) is 0 Å². The Morgan fingerprint density at radius 3 is 2.58 bits per heavy atom. The van der Waals surface area contributed by atoms with Crippen LogP contribution in [0.25, 0.3) is 0 Å². The molecular weight excluding hydrogens is 256 g/mol. The first-order valence-electron chi connectivity index (χ1n) is 6.60. The first-order chi connectivity index (χ1) is 9.02. The number of nitrogens with zero attached hydrogens (tertiary/aromatic N) is 1. The third kappa shape index (κ3) is 6.12. The molecule has 0 saturated heterocycles. The maximum atomic E-state index is 12.0. The quantitative estimate of drug-likeness (QED) is 0.833. The zero-order valence-corrected chi connectivity index (χ0v) is 12.9. The highest BCUT2D eigenvalue weighted by Crippen LogP contribution is 2.10. The molecule has 1 unspecified atom stereocenters. The number of amides is 1. The number of carbonyl (C=O) groups excluding carboxylic acids is 1. The van der Waals surface area contributed by atoms with Crippen LogP contribution in [0.4, 0.5) is 0 Å². The minimum absolute atomic E-state index is 0.176. The van der Waals surface area contributed by atoms with E-state index < -0.39 is 0 Å². The predicted octanol–water partition coefficient (Wildman–Crippen LogP) is 2.28. The summed E-state index contributed by atoms with van der Waals surface area (Å²) in [5.41, 5.74) is 7.96. The lowest BCUT2D eigenvalue weighted by Crippen LogP contribution is -2.28. The minimum atomic E-state index is 0.176. The summed E-state index contributed by atoms with van der Waals surface area (Å²) >= 11 is 1.66. The average molecular weight is 280 g/mol. The lowest BCUT2D eigenvalue weighted by molar-refractivity contribution is -0.127. The van der Waals surface area contributed by atoms with E-state index in [4.69, 9.17) is 5.73 Å². The summed E-state index contributed by atoms with van der Waals surface area (Å²) in [6.07, 6.45) is 0. The van der Waals surface area contributed by atoms with Crippen LogP contribution in [0.15, 0.2) is 24.3 Å². The molecule has 1 atom stereocenters. The Morgan fingerprint density at radius 1 is 1.37 bits per heavy atom. The van der Waals surface area contributed by atoms with Crippen molar-refractivity contribution < 1.29 is 4.79 Å². The lowest BCUT2D eigenvalue weighted by atomic mass is 10.1. The first kappa shape index (κ1) is 16.1. The molecule has 1 aromatic carbocycles. The zero-order chi connectivity index (χ0) is 14.3. The molecular formula is C15H24N2OS. The van der Waals surface area contributed by atoms with Crippen LogP contribution in [0.2, 0.25) is 0 Å². The molecule has 3 nitrogen and oxygen atoms in total. The second kappa shape index (κ2) is 8.23. The molecule has 0 saturated carbocycles. The Kier molecular flexibility index (Phi) is 6.95. The highest BCUT2D eigenvalue weighted by Gasteiger charge is 2.10. The summed E-state index contributed by atoms with van der Waals surface area (Å²) in [7, 11) is 1.86. The number of hydrogen-bond acceptors (Lipinski definition) is 3. The van der Waals surface area contributed by atoms with Crippen molar-refractivity contribution in [3.63, 3.8) is 0 Å². The number of thioether (sulfide) groups is 1. The van der Waals surface area contributed by atoms with Crippen LogP contribution in [0.5, 0.6) is 0 Å². The average Bonchev–Trinajstić information content (AvgIpc) is 2.40. The number of aryl methyl sites for hydroxylation is 1. The zero-order valence-electron chi connectivity index (χ0n) is 12.1. The summed E-state index contributed by atoms with van der Waals surface area (Å²) in [4.78, 5) is 13.7. The van der Waals surface area contributed by atoms with E-state index >= 15 is 0 Å². The van der Waals surface area contributed by atoms with Gasteiger partial charge in [0.1, 0.15) is 0 Å². The fraction of sp³-hybridized carbons (Fsp3) is 0.533. The molecule has 0 spiro atoms. The van der Waals surface area contributed by atoms with E-state index in [2.05, 4.69) is 38.1 Å². The lowest BCUT2D eigenvalue weighted by Gasteiger charge is -2.17. The van der Waals surface area contributed by atoms with E-state index in [-0.39, 0.29) is 5.91 Å². The molecule has 0 bridgehead atoms. The van der Waals surface area contributed by atoms with Crippen molar-refractivity contribution in [3.05, 3.63) is 35.4 Å². The van der Waals surface area contributed by atoms with Gasteiger partial charge in [-0.2, -0.15) is 11.8 Å². The number of nitrogens with two attached hydrogens (primary N) is 1. The van der Waals surface area contributed by atoms with Gasteiger partial charge in [0.2, 0.25) is 5.91 Å². The maximum absolute atomic E-state index is 12.0. The van der Waals surface area contributed by atoms with Gasteiger partial charge in [-0.3, -0.25) is 4.79 Å². The largest absolute Gasteiger partial charge is 0.341 e. The molecule has 0 aliphatic heterocycles. The second-order valence-corrected chi connectivity index (χ2v) is 6.12. The summed E-state index contributed by atoms with van der Waals surface area (Å²) in [6, 6.07) is 8.29. The third-order valence-electron chi connectivity index (χ3n) is 3.00. The van der Waals surface area contributed by atoms with Crippen molar-refractivity contribution in [2.45, 2.75) is 20.4 Å². The molecule has 0 fully saturated rings. The molecule has 0 heterocycles. The van der Waals surface area contributed by atoms with Crippen LogP contribution in [0, 0.1) is 12.8 Å². The predicted molar refractivity (Wildman–Crippen MR) is 83.2 cm³/mol. The van der Waals surface area contributed by atoms with E-state index in [1.807, 2.05) is 7.05 Å². The van der Waals surface area contributed by atoms with Gasteiger partial charge >= 0.3 is 0 Å². The Morgan fingerprint density at radius 2 is 2.00 bits per heavy atom. The fourth-order valence-corrected chi connectivity index (χ4v) is 2.63. The number of carbonyl (C=O) groups is 1. The molecule has 1 amide bonds. The van der Waals surface area contributed by atoms with Crippen LogP contribution in [0.1, 0.15) is 18.1 Å². The molecule has 19 heavy (non-hydrogen) atoms. The molecule has 1 rings (SSSR count). The Bertz CT molecular complexity index is 392. The Labute approximate surface area is 120 Å². The Balaban J connectivity index is 2.34. The van der Waals surface area contributed by atoms with Crippen molar-refractivity contribution in [1.82, 2.24) is 4.90 Å². The summed E-state index contributed by atoms with van der Waals surface area (Å²) in [5.74, 6) is 2.13. The number of benzene rings is 1. The van der Waals surface area contributed by atoms with Gasteiger partial charge < -0.3 is 10.6 Å². The van der Waals surface area contributed by atoms with E-state index in [0.29, 0.717) is 24.8 Å². The second-order valence-electron chi connectivity index (χ2n) is 5.09. The third-order valence-corrected chi connectivity index (χ3v) is 4.25. The molecule has 0 radical (unpaired) electrons. The Hall–Kier alpha value is -1.00. The van der Waals surface area contributed by atoms with Crippen LogP contribution in [-0.2, 0) is 11.3 Å². The van der Waals surface area contributed by atoms with Gasteiger partial charge in [0, 0.05) is 13.6 Å². The molecule has 1 aromatic rings. The number of rotatable bonds is 7. The summed E-state index contributed by atoms with van der Waals surface area (Å²) in [6.45, 7) is 5.52. The van der Waals surface area contributed by atoms with Crippen LogP contribution in [0.3, 0.4) is 0 Å². The topological polar surface area (TPSA) is 46.3 Å². The molecule has 4 heteroatoms. The minimum Gasteiger partial charge on any atom is -0.341 e. The highest BCUT2D eigenvalue weighted by atomic mass is 32.2. The molecule has 106 valence electrons. The van der Waals surface area contributed by atoms with Gasteiger partial charge in [0.05, 0.1) is 5.75 Å². The first-order valence-corrected chi connectivity index (χ1v) is 7.75. The van der Waals surface area contributed by atoms with E-state index in [1.54, 1.807) is 16.7 Å². The highest BCUT2D eigenvalue weighted by molar-refractivity contribution is 7.99. The fourth-order valence-electron chi connectivity index (χ4n) is 1.58. The van der Waals surface area contributed by atoms with Gasteiger partial charge in [0.15, 0.2) is 0 Å². The smallest absolute Gasteiger partial charge is 0.232 e. The van der Waals surface area contributed by atoms with Crippen molar-refractivity contribution >= 4 is 17.7 Å². The van der Waals surface area contributed by atoms with Crippen molar-refractivity contribution in [2.75, 3.05) is 25.1 Å². The van der Waals surface area contributed by atoms with E-state index in [0.717, 1.165) is 5.75 Å². The van der Waals surface area contributed by atoms with Crippen LogP contribution < -0.4 is 5.73 Å². The normalized spacial score (nSPS) is 12.2. The molecule has 2 N–H and O–H groups in total. The van der Waals surface area contributed by atoms with Crippen molar-refractivity contribution in [3.8, 4) is 0 Å². The standard InChI is InChI=1S/C15H24N2OS/c1-12-4-6-14(7-5-12)9-17(3)15(18)11-19-10-13(2)8-16/h4-7,13H,8-11,16H2,1-3H3. The van der Waals surface area contributed by atoms with Gasteiger partial charge in [-0.05, 0) is 30.7 Å². The van der Waals surface area contributed by atoms with E-state index in [1.165, 1.54) is 11.1 Å². The van der Waals surface area contributed by atoms with Crippen molar-refractivity contribution in [1.29, 1.82) is 0 Å². The van der Waals surface area contributed by atoms with Gasteiger partial charge in [-0.15, -0.1) is 0 Å². The van der Waals surface area contributed by atoms with E-state index in [9.17, 15) is 4.79 Å².